The minimum atomic E-state index is -0.263. The third-order valence-corrected chi connectivity index (χ3v) is 4.88. The Morgan fingerprint density at radius 2 is 1.83 bits per heavy atom. The van der Waals surface area contributed by atoms with Crippen LogP contribution in [0.15, 0.2) is 0 Å². The summed E-state index contributed by atoms with van der Waals surface area (Å²) < 4.78 is 0. The van der Waals surface area contributed by atoms with Crippen molar-refractivity contribution in [1.29, 1.82) is 0 Å². The first kappa shape index (κ1) is 13.9. The summed E-state index contributed by atoms with van der Waals surface area (Å²) in [6.45, 7) is 4.49. The lowest BCUT2D eigenvalue weighted by Crippen LogP contribution is -2.51. The summed E-state index contributed by atoms with van der Waals surface area (Å²) in [6.07, 6.45) is 8.95. The molecule has 0 aromatic heterocycles. The lowest BCUT2D eigenvalue weighted by molar-refractivity contribution is -0.128. The second-order valence-electron chi connectivity index (χ2n) is 6.89. The predicted octanol–water partition coefficient (Wildman–Crippen LogP) is 2.45. The van der Waals surface area contributed by atoms with Crippen molar-refractivity contribution >= 4 is 5.91 Å². The van der Waals surface area contributed by atoms with Crippen molar-refractivity contribution in [2.24, 2.45) is 23.5 Å². The van der Waals surface area contributed by atoms with Crippen molar-refractivity contribution in [3.63, 3.8) is 0 Å². The van der Waals surface area contributed by atoms with Crippen LogP contribution in [0.25, 0.3) is 0 Å². The van der Waals surface area contributed by atoms with Crippen LogP contribution in [-0.2, 0) is 4.79 Å². The molecule has 3 N–H and O–H groups in total. The lowest BCUT2D eigenvalue weighted by Gasteiger charge is -2.39. The molecule has 3 heteroatoms. The third-order valence-electron chi connectivity index (χ3n) is 4.88. The number of nitrogens with one attached hydrogen (secondary N) is 1. The average molecular weight is 252 g/mol. The summed E-state index contributed by atoms with van der Waals surface area (Å²) in [6, 6.07) is 0. The zero-order valence-corrected chi connectivity index (χ0v) is 11.9. The Kier molecular flexibility index (Phi) is 4.31. The maximum atomic E-state index is 12.3. The molecule has 0 spiro atoms. The van der Waals surface area contributed by atoms with Crippen LogP contribution in [0.2, 0.25) is 0 Å². The number of rotatable bonds is 3. The normalized spacial score (nSPS) is 32.7. The van der Waals surface area contributed by atoms with E-state index in [-0.39, 0.29) is 17.4 Å². The van der Waals surface area contributed by atoms with Gasteiger partial charge < -0.3 is 11.1 Å². The van der Waals surface area contributed by atoms with Crippen LogP contribution >= 0.6 is 0 Å². The number of carbonyl (C=O) groups excluding carboxylic acids is 1. The molecule has 0 bridgehead atoms. The molecule has 2 fully saturated rings. The van der Waals surface area contributed by atoms with Crippen molar-refractivity contribution < 1.29 is 4.79 Å². The Balaban J connectivity index is 1.88. The molecule has 0 heterocycles. The van der Waals surface area contributed by atoms with E-state index in [2.05, 4.69) is 5.32 Å². The molecule has 18 heavy (non-hydrogen) atoms. The Labute approximate surface area is 111 Å². The molecule has 3 unspecified atom stereocenters. The number of hydrogen-bond acceptors (Lipinski definition) is 2. The number of fused-ring (bicyclic) bond motifs is 1. The fourth-order valence-corrected chi connectivity index (χ4v) is 3.60. The molecule has 0 radical (unpaired) electrons. The van der Waals surface area contributed by atoms with Gasteiger partial charge in [0.2, 0.25) is 5.91 Å². The van der Waals surface area contributed by atoms with Crippen LogP contribution in [0, 0.1) is 17.8 Å². The minimum absolute atomic E-state index is 0.231. The zero-order chi connectivity index (χ0) is 13.2. The molecular weight excluding hydrogens is 224 g/mol. The van der Waals surface area contributed by atoms with Gasteiger partial charge in [0.25, 0.3) is 0 Å². The minimum Gasteiger partial charge on any atom is -0.350 e. The van der Waals surface area contributed by atoms with Gasteiger partial charge in [0.1, 0.15) is 0 Å². The fourth-order valence-electron chi connectivity index (χ4n) is 3.60. The van der Waals surface area contributed by atoms with Gasteiger partial charge in [-0.05, 0) is 44.9 Å². The maximum absolute atomic E-state index is 12.3. The van der Waals surface area contributed by atoms with E-state index in [1.807, 2.05) is 13.8 Å². The summed E-state index contributed by atoms with van der Waals surface area (Å²) in [5.74, 6) is 2.18. The van der Waals surface area contributed by atoms with Crippen LogP contribution in [0.3, 0.4) is 0 Å². The first-order chi connectivity index (χ1) is 8.52. The lowest BCUT2D eigenvalue weighted by atomic mass is 9.67. The molecule has 0 aromatic rings. The highest BCUT2D eigenvalue weighted by atomic mass is 16.2. The van der Waals surface area contributed by atoms with E-state index in [0.29, 0.717) is 6.54 Å². The van der Waals surface area contributed by atoms with Crippen LogP contribution in [0.5, 0.6) is 0 Å². The van der Waals surface area contributed by atoms with Crippen LogP contribution in [0.1, 0.15) is 58.8 Å². The monoisotopic (exact) mass is 252 g/mol. The largest absolute Gasteiger partial charge is 0.350 e. The van der Waals surface area contributed by atoms with Gasteiger partial charge in [0.15, 0.2) is 0 Å². The molecule has 0 aromatic carbocycles. The molecule has 2 rings (SSSR count). The molecule has 104 valence electrons. The topological polar surface area (TPSA) is 55.1 Å². The number of carbonyl (C=O) groups is 1. The summed E-state index contributed by atoms with van der Waals surface area (Å²) in [7, 11) is 0. The smallest absolute Gasteiger partial charge is 0.223 e. The average Bonchev–Trinajstić information content (AvgIpc) is 2.37. The van der Waals surface area contributed by atoms with Gasteiger partial charge in [0, 0.05) is 18.0 Å². The highest BCUT2D eigenvalue weighted by molar-refractivity contribution is 5.79. The van der Waals surface area contributed by atoms with Gasteiger partial charge in [-0.3, -0.25) is 4.79 Å². The van der Waals surface area contributed by atoms with Crippen molar-refractivity contribution in [2.45, 2.75) is 64.3 Å². The van der Waals surface area contributed by atoms with Crippen molar-refractivity contribution in [2.75, 3.05) is 6.54 Å². The van der Waals surface area contributed by atoms with Gasteiger partial charge in [-0.1, -0.05) is 25.7 Å². The highest BCUT2D eigenvalue weighted by Gasteiger charge is 2.36. The van der Waals surface area contributed by atoms with Crippen LogP contribution in [-0.4, -0.2) is 18.0 Å². The van der Waals surface area contributed by atoms with Gasteiger partial charge >= 0.3 is 0 Å². The van der Waals surface area contributed by atoms with E-state index in [4.69, 9.17) is 5.73 Å². The summed E-state index contributed by atoms with van der Waals surface area (Å²) in [5, 5.41) is 3.11. The maximum Gasteiger partial charge on any atom is 0.223 e. The second-order valence-corrected chi connectivity index (χ2v) is 6.89. The Hall–Kier alpha value is -0.570. The van der Waals surface area contributed by atoms with E-state index in [0.717, 1.165) is 24.7 Å². The van der Waals surface area contributed by atoms with Crippen molar-refractivity contribution in [3.05, 3.63) is 0 Å². The van der Waals surface area contributed by atoms with Crippen LogP contribution in [0.4, 0.5) is 0 Å². The van der Waals surface area contributed by atoms with E-state index in [9.17, 15) is 4.79 Å². The van der Waals surface area contributed by atoms with E-state index in [1.54, 1.807) is 0 Å². The Morgan fingerprint density at radius 3 is 2.50 bits per heavy atom. The Bertz CT molecular complexity index is 301. The van der Waals surface area contributed by atoms with E-state index in [1.165, 1.54) is 32.1 Å². The van der Waals surface area contributed by atoms with Gasteiger partial charge in [-0.2, -0.15) is 0 Å². The molecule has 2 aliphatic carbocycles. The van der Waals surface area contributed by atoms with Gasteiger partial charge in [-0.15, -0.1) is 0 Å². The zero-order valence-electron chi connectivity index (χ0n) is 11.9. The quantitative estimate of drug-likeness (QED) is 0.810. The molecule has 3 atom stereocenters. The molecule has 1 amide bonds. The number of nitrogens with two attached hydrogens (primary N) is 1. The second kappa shape index (κ2) is 5.60. The van der Waals surface area contributed by atoms with Gasteiger partial charge in [0.05, 0.1) is 0 Å². The summed E-state index contributed by atoms with van der Waals surface area (Å²) >= 11 is 0. The first-order valence-corrected chi connectivity index (χ1v) is 7.54. The highest BCUT2D eigenvalue weighted by Crippen LogP contribution is 2.42. The van der Waals surface area contributed by atoms with E-state index < -0.39 is 0 Å². The standard InChI is InChI=1S/C15H28N2O/c1-15(2,10-16)17-14(18)13-8-7-11-5-3-4-6-12(11)9-13/h11-13H,3-10,16H2,1-2H3,(H,17,18). The fraction of sp³-hybridized carbons (Fsp3) is 0.933. The van der Waals surface area contributed by atoms with E-state index >= 15 is 0 Å². The molecule has 2 aliphatic rings. The SMILES string of the molecule is CC(C)(CN)NC(=O)C1CCC2CCCCC2C1. The molecule has 3 nitrogen and oxygen atoms in total. The first-order valence-electron chi connectivity index (χ1n) is 7.54. The summed E-state index contributed by atoms with van der Waals surface area (Å²) in [4.78, 5) is 12.3. The number of hydrogen-bond donors (Lipinski definition) is 2. The van der Waals surface area contributed by atoms with Crippen LogP contribution < -0.4 is 11.1 Å². The molecule has 2 saturated carbocycles. The van der Waals surface area contributed by atoms with Gasteiger partial charge in [-0.25, -0.2) is 0 Å². The Morgan fingerprint density at radius 1 is 1.17 bits per heavy atom. The summed E-state index contributed by atoms with van der Waals surface area (Å²) in [5.41, 5.74) is 5.41. The number of amides is 1. The van der Waals surface area contributed by atoms with Crippen molar-refractivity contribution in [1.82, 2.24) is 5.32 Å². The molecular formula is C15H28N2O. The third kappa shape index (κ3) is 3.25. The molecule has 0 aliphatic heterocycles. The molecule has 0 saturated heterocycles. The predicted molar refractivity (Wildman–Crippen MR) is 74.1 cm³/mol. The van der Waals surface area contributed by atoms with Crippen molar-refractivity contribution in [3.8, 4) is 0 Å².